The number of benzene rings is 3. The Morgan fingerprint density at radius 1 is 1.03 bits per heavy atom. The van der Waals surface area contributed by atoms with Crippen LogP contribution in [0.1, 0.15) is 12.5 Å². The summed E-state index contributed by atoms with van der Waals surface area (Å²) in [4.78, 5) is 14.5. The Morgan fingerprint density at radius 3 is 2.30 bits per heavy atom. The summed E-state index contributed by atoms with van der Waals surface area (Å²) in [7, 11) is -0.225. The van der Waals surface area contributed by atoms with Gasteiger partial charge in [-0.25, -0.2) is 13.6 Å². The van der Waals surface area contributed by atoms with Crippen molar-refractivity contribution >= 4 is 33.0 Å². The maximum absolute atomic E-state index is 12.7. The van der Waals surface area contributed by atoms with Crippen LogP contribution >= 0.6 is 0 Å². The maximum atomic E-state index is 12.7. The van der Waals surface area contributed by atoms with Crippen molar-refractivity contribution in [3.63, 3.8) is 0 Å². The van der Waals surface area contributed by atoms with Crippen molar-refractivity contribution in [3.05, 3.63) is 78.4 Å². The number of anilines is 3. The zero-order valence-electron chi connectivity index (χ0n) is 18.8. The fraction of sp³-hybridized carbons (Fsp3) is 0.208. The molecule has 0 aliphatic carbocycles. The van der Waals surface area contributed by atoms with Crippen LogP contribution < -0.4 is 25.4 Å². The van der Waals surface area contributed by atoms with Crippen LogP contribution in [0.5, 0.6) is 5.75 Å². The summed E-state index contributed by atoms with van der Waals surface area (Å²) in [6.07, 6.45) is 0. The van der Waals surface area contributed by atoms with Crippen LogP contribution in [0.25, 0.3) is 0 Å². The van der Waals surface area contributed by atoms with Gasteiger partial charge in [-0.1, -0.05) is 30.3 Å². The highest BCUT2D eigenvalue weighted by Crippen LogP contribution is 2.28. The molecule has 3 aromatic carbocycles. The van der Waals surface area contributed by atoms with E-state index in [1.54, 1.807) is 37.3 Å². The van der Waals surface area contributed by atoms with E-state index in [2.05, 4.69) is 10.6 Å². The molecule has 0 saturated heterocycles. The van der Waals surface area contributed by atoms with Gasteiger partial charge < -0.3 is 20.3 Å². The van der Waals surface area contributed by atoms with Crippen LogP contribution in [-0.4, -0.2) is 34.5 Å². The van der Waals surface area contributed by atoms with Gasteiger partial charge in [0.25, 0.3) is 0 Å². The second-order valence-electron chi connectivity index (χ2n) is 7.77. The second-order valence-corrected chi connectivity index (χ2v) is 9.33. The van der Waals surface area contributed by atoms with Crippen molar-refractivity contribution in [1.29, 1.82) is 0 Å². The van der Waals surface area contributed by atoms with Crippen molar-refractivity contribution in [2.24, 2.45) is 5.14 Å². The third kappa shape index (κ3) is 6.71. The van der Waals surface area contributed by atoms with E-state index in [0.29, 0.717) is 23.7 Å². The lowest BCUT2D eigenvalue weighted by atomic mass is 10.2. The van der Waals surface area contributed by atoms with Crippen LogP contribution in [-0.2, 0) is 21.4 Å². The molecule has 8 nitrogen and oxygen atoms in total. The molecule has 0 spiro atoms. The van der Waals surface area contributed by atoms with Crippen molar-refractivity contribution in [2.45, 2.75) is 24.5 Å². The Balaban J connectivity index is 1.63. The molecular weight excluding hydrogens is 440 g/mol. The smallest absolute Gasteiger partial charge is 0.246 e. The van der Waals surface area contributed by atoms with Gasteiger partial charge >= 0.3 is 0 Å². The SMILES string of the molecule is C[C@H](Nc1cc(S(N)(=O)=O)ccc1N(C)C)C(=O)Nc1ccc(OCc2ccccc2)cc1. The predicted molar refractivity (Wildman–Crippen MR) is 131 cm³/mol. The number of amides is 1. The lowest BCUT2D eigenvalue weighted by molar-refractivity contribution is -0.116. The van der Waals surface area contributed by atoms with Crippen LogP contribution in [0.4, 0.5) is 17.1 Å². The molecule has 33 heavy (non-hydrogen) atoms. The number of nitrogens with one attached hydrogen (secondary N) is 2. The number of carbonyl (C=O) groups excluding carboxylic acids is 1. The summed E-state index contributed by atoms with van der Waals surface area (Å²) in [5.74, 6) is 0.414. The molecule has 0 saturated carbocycles. The Kier molecular flexibility index (Phi) is 7.57. The molecule has 0 aliphatic rings. The highest BCUT2D eigenvalue weighted by molar-refractivity contribution is 7.89. The van der Waals surface area contributed by atoms with E-state index in [0.717, 1.165) is 11.3 Å². The minimum absolute atomic E-state index is 0.0331. The maximum Gasteiger partial charge on any atom is 0.246 e. The summed E-state index contributed by atoms with van der Waals surface area (Å²) >= 11 is 0. The minimum Gasteiger partial charge on any atom is -0.489 e. The second kappa shape index (κ2) is 10.4. The molecule has 0 heterocycles. The molecule has 0 unspecified atom stereocenters. The van der Waals surface area contributed by atoms with E-state index in [1.807, 2.05) is 49.3 Å². The molecule has 1 atom stereocenters. The van der Waals surface area contributed by atoms with Crippen molar-refractivity contribution < 1.29 is 17.9 Å². The molecule has 0 aromatic heterocycles. The fourth-order valence-electron chi connectivity index (χ4n) is 3.12. The van der Waals surface area contributed by atoms with Gasteiger partial charge in [0.15, 0.2) is 0 Å². The number of hydrogen-bond acceptors (Lipinski definition) is 6. The first-order valence-electron chi connectivity index (χ1n) is 10.3. The first kappa shape index (κ1) is 24.1. The lowest BCUT2D eigenvalue weighted by Gasteiger charge is -2.22. The van der Waals surface area contributed by atoms with E-state index in [-0.39, 0.29) is 10.8 Å². The van der Waals surface area contributed by atoms with Crippen LogP contribution in [0.2, 0.25) is 0 Å². The van der Waals surface area contributed by atoms with E-state index in [1.165, 1.54) is 12.1 Å². The third-order valence-electron chi connectivity index (χ3n) is 4.91. The quantitative estimate of drug-likeness (QED) is 0.443. The summed E-state index contributed by atoms with van der Waals surface area (Å²) in [5, 5.41) is 11.2. The molecule has 4 N–H and O–H groups in total. The summed E-state index contributed by atoms with van der Waals surface area (Å²) in [6, 6.07) is 20.8. The van der Waals surface area contributed by atoms with Crippen LogP contribution in [0, 0.1) is 0 Å². The van der Waals surface area contributed by atoms with Gasteiger partial charge in [0.1, 0.15) is 18.4 Å². The normalized spacial score (nSPS) is 12.0. The van der Waals surface area contributed by atoms with Crippen molar-refractivity contribution in [3.8, 4) is 5.75 Å². The molecular formula is C24H28N4O4S. The Morgan fingerprint density at radius 2 is 1.70 bits per heavy atom. The highest BCUT2D eigenvalue weighted by atomic mass is 32.2. The molecule has 9 heteroatoms. The van der Waals surface area contributed by atoms with Gasteiger partial charge in [0.2, 0.25) is 15.9 Å². The van der Waals surface area contributed by atoms with Gasteiger partial charge in [-0.2, -0.15) is 0 Å². The van der Waals surface area contributed by atoms with Gasteiger partial charge in [0, 0.05) is 19.8 Å². The largest absolute Gasteiger partial charge is 0.489 e. The van der Waals surface area contributed by atoms with E-state index in [4.69, 9.17) is 9.88 Å². The Hall–Kier alpha value is -3.56. The number of nitrogens with two attached hydrogens (primary N) is 1. The molecule has 0 radical (unpaired) electrons. The number of rotatable bonds is 9. The molecule has 1 amide bonds. The van der Waals surface area contributed by atoms with Crippen molar-refractivity contribution in [1.82, 2.24) is 0 Å². The van der Waals surface area contributed by atoms with Crippen molar-refractivity contribution in [2.75, 3.05) is 29.6 Å². The third-order valence-corrected chi connectivity index (χ3v) is 5.82. The number of nitrogens with zero attached hydrogens (tertiary/aromatic N) is 1. The zero-order valence-corrected chi connectivity index (χ0v) is 19.6. The standard InChI is InChI=1S/C24H28N4O4S/c1-17(26-22-15-21(33(25,30)31)13-14-23(22)28(2)3)24(29)27-19-9-11-20(12-10-19)32-16-18-7-5-4-6-8-18/h4-15,17,26H,16H2,1-3H3,(H,27,29)(H2,25,30,31)/t17-/m0/s1. The number of sulfonamides is 1. The number of ether oxygens (including phenoxy) is 1. The van der Waals surface area contributed by atoms with Gasteiger partial charge in [-0.3, -0.25) is 4.79 Å². The molecule has 3 rings (SSSR count). The van der Waals surface area contributed by atoms with Crippen LogP contribution in [0.3, 0.4) is 0 Å². The summed E-state index contributed by atoms with van der Waals surface area (Å²) < 4.78 is 29.2. The van der Waals surface area contributed by atoms with Gasteiger partial charge in [0.05, 0.1) is 16.3 Å². The number of carbonyl (C=O) groups is 1. The van der Waals surface area contributed by atoms with E-state index >= 15 is 0 Å². The minimum atomic E-state index is -3.87. The number of hydrogen-bond donors (Lipinski definition) is 3. The average molecular weight is 469 g/mol. The molecule has 0 aliphatic heterocycles. The van der Waals surface area contributed by atoms with Crippen LogP contribution in [0.15, 0.2) is 77.7 Å². The van der Waals surface area contributed by atoms with E-state index in [9.17, 15) is 13.2 Å². The average Bonchev–Trinajstić information content (AvgIpc) is 2.78. The lowest BCUT2D eigenvalue weighted by Crippen LogP contribution is -2.32. The Labute approximate surface area is 194 Å². The van der Waals surface area contributed by atoms with Gasteiger partial charge in [-0.05, 0) is 55.0 Å². The topological polar surface area (TPSA) is 114 Å². The summed E-state index contributed by atoms with van der Waals surface area (Å²) in [6.45, 7) is 2.15. The van der Waals surface area contributed by atoms with E-state index < -0.39 is 16.1 Å². The summed E-state index contributed by atoms with van der Waals surface area (Å²) in [5.41, 5.74) is 2.89. The first-order chi connectivity index (χ1) is 15.6. The number of primary sulfonamides is 1. The molecule has 0 fully saturated rings. The van der Waals surface area contributed by atoms with Gasteiger partial charge in [-0.15, -0.1) is 0 Å². The zero-order chi connectivity index (χ0) is 24.0. The predicted octanol–water partition coefficient (Wildman–Crippen LogP) is 3.42. The highest BCUT2D eigenvalue weighted by Gasteiger charge is 2.18. The fourth-order valence-corrected chi connectivity index (χ4v) is 3.66. The first-order valence-corrected chi connectivity index (χ1v) is 11.9. The molecule has 174 valence electrons. The Bertz CT molecular complexity index is 1200. The molecule has 3 aromatic rings. The molecule has 0 bridgehead atoms. The monoisotopic (exact) mass is 468 g/mol.